The third-order valence-corrected chi connectivity index (χ3v) is 3.85. The number of nitrogens with zero attached hydrogens (tertiary/aromatic N) is 1. The van der Waals surface area contributed by atoms with Gasteiger partial charge in [-0.15, -0.1) is 0 Å². The smallest absolute Gasteiger partial charge is 0.223 e. The van der Waals surface area contributed by atoms with Crippen molar-refractivity contribution < 1.29 is 4.79 Å². The van der Waals surface area contributed by atoms with Crippen molar-refractivity contribution in [2.45, 2.75) is 60.3 Å². The highest BCUT2D eigenvalue weighted by molar-refractivity contribution is 9.11. The molecule has 1 aromatic rings. The number of anilines is 1. The zero-order valence-electron chi connectivity index (χ0n) is 12.7. The fraction of sp³-hybridized carbons (Fsp3) is 0.714. The molecule has 0 bridgehead atoms. The molecule has 19 heavy (non-hydrogen) atoms. The summed E-state index contributed by atoms with van der Waals surface area (Å²) >= 11 is 4.97. The van der Waals surface area contributed by atoms with E-state index in [1.54, 1.807) is 0 Å². The van der Waals surface area contributed by atoms with Gasteiger partial charge in [-0.2, -0.15) is 0 Å². The number of carbonyl (C=O) groups excluding carboxylic acids is 1. The molecule has 0 aromatic carbocycles. The number of carbonyl (C=O) groups is 1. The third-order valence-electron chi connectivity index (χ3n) is 2.18. The number of aromatic nitrogens is 1. The van der Waals surface area contributed by atoms with Crippen LogP contribution in [0.25, 0.3) is 0 Å². The maximum atomic E-state index is 10.9. The monoisotopic (exact) mass is 348 g/mol. The summed E-state index contributed by atoms with van der Waals surface area (Å²) in [5.41, 5.74) is 1.04. The van der Waals surface area contributed by atoms with Gasteiger partial charge in [-0.25, -0.2) is 4.98 Å². The standard InChI is InChI=1S/C11H17BrN2OS.C3H8/c1-6(2)5-7(3)9-10(12)16-11(14-9)13-8(4)15;1-3-2/h6-7H,5H2,1-4H3,(H,13,14,15);3H2,1-2H3. The van der Waals surface area contributed by atoms with Gasteiger partial charge in [0.1, 0.15) is 0 Å². The Balaban J connectivity index is 0.000000982. The predicted molar refractivity (Wildman–Crippen MR) is 88.0 cm³/mol. The summed E-state index contributed by atoms with van der Waals surface area (Å²) in [7, 11) is 0. The number of hydrogen-bond donors (Lipinski definition) is 1. The highest BCUT2D eigenvalue weighted by atomic mass is 79.9. The molecule has 0 saturated carbocycles. The molecular weight excluding hydrogens is 324 g/mol. The molecule has 5 heteroatoms. The Morgan fingerprint density at radius 2 is 1.89 bits per heavy atom. The van der Waals surface area contributed by atoms with E-state index in [0.717, 1.165) is 15.9 Å². The summed E-state index contributed by atoms with van der Waals surface area (Å²) in [6.07, 6.45) is 2.35. The largest absolute Gasteiger partial charge is 0.302 e. The van der Waals surface area contributed by atoms with Crippen LogP contribution in [-0.2, 0) is 4.79 Å². The molecule has 0 spiro atoms. The Bertz CT molecular complexity index is 391. The molecular formula is C14H25BrN2OS. The third kappa shape index (κ3) is 7.67. The van der Waals surface area contributed by atoms with Gasteiger partial charge < -0.3 is 5.32 Å². The van der Waals surface area contributed by atoms with Gasteiger partial charge in [-0.05, 0) is 28.3 Å². The molecule has 1 rings (SSSR count). The highest BCUT2D eigenvalue weighted by Crippen LogP contribution is 2.35. The van der Waals surface area contributed by atoms with E-state index in [-0.39, 0.29) is 5.91 Å². The second-order valence-electron chi connectivity index (χ2n) is 5.10. The summed E-state index contributed by atoms with van der Waals surface area (Å²) in [5, 5.41) is 3.38. The fourth-order valence-electron chi connectivity index (χ4n) is 1.64. The van der Waals surface area contributed by atoms with Crippen LogP contribution in [-0.4, -0.2) is 10.9 Å². The van der Waals surface area contributed by atoms with Crippen molar-refractivity contribution in [3.8, 4) is 0 Å². The molecule has 1 unspecified atom stereocenters. The van der Waals surface area contributed by atoms with Crippen LogP contribution in [0, 0.1) is 5.92 Å². The average Bonchev–Trinajstić information content (AvgIpc) is 2.58. The zero-order valence-corrected chi connectivity index (χ0v) is 15.1. The van der Waals surface area contributed by atoms with Crippen LogP contribution < -0.4 is 5.32 Å². The minimum absolute atomic E-state index is 0.0793. The number of thiazole rings is 1. The average molecular weight is 349 g/mol. The van der Waals surface area contributed by atoms with E-state index in [9.17, 15) is 4.79 Å². The number of amides is 1. The molecule has 1 N–H and O–H groups in total. The Labute approximate surface area is 129 Å². The fourth-order valence-corrected chi connectivity index (χ4v) is 3.44. The molecule has 0 aliphatic heterocycles. The minimum atomic E-state index is -0.0793. The van der Waals surface area contributed by atoms with Crippen molar-refractivity contribution in [1.29, 1.82) is 0 Å². The van der Waals surface area contributed by atoms with E-state index in [1.165, 1.54) is 24.7 Å². The van der Waals surface area contributed by atoms with E-state index >= 15 is 0 Å². The van der Waals surface area contributed by atoms with Crippen molar-refractivity contribution in [3.05, 3.63) is 9.48 Å². The first-order chi connectivity index (χ1) is 8.81. The summed E-state index contributed by atoms with van der Waals surface area (Å²) in [6, 6.07) is 0. The van der Waals surface area contributed by atoms with Crippen LogP contribution >= 0.6 is 27.3 Å². The number of hydrogen-bond acceptors (Lipinski definition) is 3. The summed E-state index contributed by atoms with van der Waals surface area (Å²) in [5.74, 6) is 0.977. The van der Waals surface area contributed by atoms with Gasteiger partial charge in [0.25, 0.3) is 0 Å². The van der Waals surface area contributed by atoms with Crippen molar-refractivity contribution in [2.24, 2.45) is 5.92 Å². The van der Waals surface area contributed by atoms with Gasteiger partial charge in [0.05, 0.1) is 9.48 Å². The van der Waals surface area contributed by atoms with Crippen LogP contribution in [0.15, 0.2) is 3.79 Å². The second-order valence-corrected chi connectivity index (χ2v) is 7.41. The molecule has 110 valence electrons. The Morgan fingerprint density at radius 1 is 1.37 bits per heavy atom. The van der Waals surface area contributed by atoms with Gasteiger partial charge in [0, 0.05) is 12.8 Å². The lowest BCUT2D eigenvalue weighted by molar-refractivity contribution is -0.114. The molecule has 0 radical (unpaired) electrons. The first kappa shape index (κ1) is 18.6. The summed E-state index contributed by atoms with van der Waals surface area (Å²) in [4.78, 5) is 15.4. The summed E-state index contributed by atoms with van der Waals surface area (Å²) < 4.78 is 1.02. The molecule has 1 amide bonds. The lowest BCUT2D eigenvalue weighted by Gasteiger charge is -2.11. The van der Waals surface area contributed by atoms with Gasteiger partial charge >= 0.3 is 0 Å². The van der Waals surface area contributed by atoms with E-state index in [1.807, 2.05) is 0 Å². The SMILES string of the molecule is CC(=O)Nc1nc(C(C)CC(C)C)c(Br)s1.CCC. The maximum Gasteiger partial charge on any atom is 0.223 e. The van der Waals surface area contributed by atoms with Gasteiger partial charge in [0.2, 0.25) is 5.91 Å². The molecule has 0 saturated heterocycles. The Kier molecular flexibility index (Phi) is 9.27. The predicted octanol–water partition coefficient (Wildman–Crippen LogP) is 5.43. The molecule has 3 nitrogen and oxygen atoms in total. The van der Waals surface area contributed by atoms with Crippen molar-refractivity contribution in [1.82, 2.24) is 4.98 Å². The van der Waals surface area contributed by atoms with Crippen LogP contribution in [0.2, 0.25) is 0 Å². The van der Waals surface area contributed by atoms with Crippen molar-refractivity contribution >= 4 is 38.3 Å². The van der Waals surface area contributed by atoms with E-state index < -0.39 is 0 Å². The molecule has 0 aliphatic rings. The molecule has 0 aliphatic carbocycles. The second kappa shape index (κ2) is 9.48. The zero-order chi connectivity index (χ0) is 15.0. The number of halogens is 1. The van der Waals surface area contributed by atoms with Crippen molar-refractivity contribution in [2.75, 3.05) is 5.32 Å². The van der Waals surface area contributed by atoms with Gasteiger partial charge in [-0.3, -0.25) is 4.79 Å². The lowest BCUT2D eigenvalue weighted by atomic mass is 9.97. The Hall–Kier alpha value is -0.420. The summed E-state index contributed by atoms with van der Waals surface area (Å²) in [6.45, 7) is 12.3. The van der Waals surface area contributed by atoms with E-state index in [0.29, 0.717) is 17.0 Å². The highest BCUT2D eigenvalue weighted by Gasteiger charge is 2.17. The van der Waals surface area contributed by atoms with Gasteiger partial charge in [-0.1, -0.05) is 52.4 Å². The molecule has 0 fully saturated rings. The van der Waals surface area contributed by atoms with Crippen LogP contribution in [0.5, 0.6) is 0 Å². The molecule has 1 aromatic heterocycles. The number of rotatable bonds is 4. The maximum absolute atomic E-state index is 10.9. The minimum Gasteiger partial charge on any atom is -0.302 e. The lowest BCUT2D eigenvalue weighted by Crippen LogP contribution is -2.06. The number of nitrogens with one attached hydrogen (secondary N) is 1. The van der Waals surface area contributed by atoms with E-state index in [4.69, 9.17) is 0 Å². The first-order valence-corrected chi connectivity index (χ1v) is 8.36. The molecule has 1 heterocycles. The van der Waals surface area contributed by atoms with Gasteiger partial charge in [0.15, 0.2) is 5.13 Å². The van der Waals surface area contributed by atoms with E-state index in [2.05, 4.69) is 60.8 Å². The van der Waals surface area contributed by atoms with Crippen LogP contribution in [0.4, 0.5) is 5.13 Å². The normalized spacial score (nSPS) is 11.8. The Morgan fingerprint density at radius 3 is 2.32 bits per heavy atom. The topological polar surface area (TPSA) is 42.0 Å². The van der Waals surface area contributed by atoms with Crippen LogP contribution in [0.3, 0.4) is 0 Å². The first-order valence-electron chi connectivity index (χ1n) is 6.75. The van der Waals surface area contributed by atoms with Crippen LogP contribution in [0.1, 0.15) is 66.0 Å². The van der Waals surface area contributed by atoms with Crippen molar-refractivity contribution in [3.63, 3.8) is 0 Å². The quantitative estimate of drug-likeness (QED) is 0.787. The molecule has 1 atom stereocenters.